The minimum absolute atomic E-state index is 0.0486. The lowest BCUT2D eigenvalue weighted by molar-refractivity contribution is 0.296. The van der Waals surface area contributed by atoms with Gasteiger partial charge < -0.3 is 5.32 Å². The molecule has 0 unspecified atom stereocenters. The van der Waals surface area contributed by atoms with Crippen LogP contribution in [0.25, 0.3) is 0 Å². The molecule has 0 bridgehead atoms. The highest BCUT2D eigenvalue weighted by molar-refractivity contribution is 7.89. The number of hydrogen-bond acceptors (Lipinski definition) is 3. The monoisotopic (exact) mass is 288 g/mol. The molecule has 6 heteroatoms. The minimum Gasteiger partial charge on any atom is -0.317 e. The van der Waals surface area contributed by atoms with Crippen LogP contribution >= 0.6 is 11.6 Å². The van der Waals surface area contributed by atoms with Gasteiger partial charge in [0.15, 0.2) is 0 Å². The molecule has 2 rings (SSSR count). The largest absolute Gasteiger partial charge is 0.317 e. The van der Waals surface area contributed by atoms with Gasteiger partial charge in [0.25, 0.3) is 0 Å². The summed E-state index contributed by atoms with van der Waals surface area (Å²) in [6.45, 7) is 1.71. The molecule has 18 heavy (non-hydrogen) atoms. The van der Waals surface area contributed by atoms with Crippen LogP contribution in [-0.2, 0) is 10.0 Å². The van der Waals surface area contributed by atoms with Gasteiger partial charge in [0.1, 0.15) is 4.90 Å². The first kappa shape index (κ1) is 13.8. The van der Waals surface area contributed by atoms with Gasteiger partial charge in [-0.3, -0.25) is 0 Å². The Morgan fingerprint density at radius 1 is 1.28 bits per heavy atom. The summed E-state index contributed by atoms with van der Waals surface area (Å²) in [5.41, 5.74) is 0. The van der Waals surface area contributed by atoms with E-state index in [0.29, 0.717) is 0 Å². The normalized spacial score (nSPS) is 18.2. The topological polar surface area (TPSA) is 49.4 Å². The summed E-state index contributed by atoms with van der Waals surface area (Å²) in [6, 6.07) is 6.62. The van der Waals surface area contributed by atoms with E-state index in [-0.39, 0.29) is 16.0 Å². The van der Waals surface area contributed by atoms with Crippen molar-refractivity contribution in [1.29, 1.82) is 0 Å². The number of sulfonamides is 1. The summed E-state index contributed by atoms with van der Waals surface area (Å²) in [6.07, 6.45) is 1.67. The van der Waals surface area contributed by atoms with Gasteiger partial charge in [-0.05, 0) is 38.1 Å². The minimum atomic E-state index is -3.50. The lowest BCUT2D eigenvalue weighted by Crippen LogP contribution is -2.43. The van der Waals surface area contributed by atoms with Crippen LogP contribution in [0.15, 0.2) is 29.2 Å². The van der Waals surface area contributed by atoms with Crippen molar-refractivity contribution in [1.82, 2.24) is 9.62 Å². The van der Waals surface area contributed by atoms with Crippen LogP contribution in [0.4, 0.5) is 0 Å². The average Bonchev–Trinajstić information content (AvgIpc) is 2.39. The van der Waals surface area contributed by atoms with E-state index in [4.69, 9.17) is 11.6 Å². The summed E-state index contributed by atoms with van der Waals surface area (Å²) >= 11 is 5.97. The molecule has 1 fully saturated rings. The Balaban J connectivity index is 2.28. The molecule has 0 spiro atoms. The van der Waals surface area contributed by atoms with Crippen molar-refractivity contribution in [3.05, 3.63) is 29.3 Å². The molecule has 0 saturated carbocycles. The molecule has 1 aromatic rings. The first-order chi connectivity index (χ1) is 8.53. The van der Waals surface area contributed by atoms with E-state index < -0.39 is 10.0 Å². The summed E-state index contributed by atoms with van der Waals surface area (Å²) in [4.78, 5) is 0.188. The standard InChI is InChI=1S/C12H17ClN2O2S/c1-15(10-6-8-14-9-7-10)18(16,17)12-5-3-2-4-11(12)13/h2-5,10,14H,6-9H2,1H3. The molecule has 1 saturated heterocycles. The van der Waals surface area contributed by atoms with Gasteiger partial charge in [-0.25, -0.2) is 8.42 Å². The second-order valence-electron chi connectivity index (χ2n) is 4.43. The summed E-state index contributed by atoms with van der Waals surface area (Å²) < 4.78 is 26.4. The fraction of sp³-hybridized carbons (Fsp3) is 0.500. The Kier molecular flexibility index (Phi) is 4.27. The third kappa shape index (κ3) is 2.69. The van der Waals surface area contributed by atoms with Crippen LogP contribution in [0, 0.1) is 0 Å². The fourth-order valence-electron chi connectivity index (χ4n) is 2.18. The Morgan fingerprint density at radius 3 is 2.50 bits per heavy atom. The molecule has 1 N–H and O–H groups in total. The SMILES string of the molecule is CN(C1CCNCC1)S(=O)(=O)c1ccccc1Cl. The van der Waals surface area contributed by atoms with Crippen LogP contribution in [0.2, 0.25) is 5.02 Å². The number of hydrogen-bond donors (Lipinski definition) is 1. The summed E-state index contributed by atoms with van der Waals surface area (Å²) in [5, 5.41) is 3.50. The highest BCUT2D eigenvalue weighted by Gasteiger charge is 2.30. The first-order valence-electron chi connectivity index (χ1n) is 5.97. The maximum atomic E-state index is 12.5. The Hall–Kier alpha value is -0.620. The average molecular weight is 289 g/mol. The van der Waals surface area contributed by atoms with Crippen LogP contribution in [-0.4, -0.2) is 38.9 Å². The lowest BCUT2D eigenvalue weighted by atomic mass is 10.1. The number of nitrogens with one attached hydrogen (secondary N) is 1. The molecular weight excluding hydrogens is 272 g/mol. The highest BCUT2D eigenvalue weighted by atomic mass is 35.5. The van der Waals surface area contributed by atoms with Crippen molar-refractivity contribution in [2.45, 2.75) is 23.8 Å². The number of piperidine rings is 1. The molecule has 1 aromatic carbocycles. The van der Waals surface area contributed by atoms with Crippen molar-refractivity contribution >= 4 is 21.6 Å². The van der Waals surface area contributed by atoms with E-state index >= 15 is 0 Å². The van der Waals surface area contributed by atoms with Crippen LogP contribution in [0.1, 0.15) is 12.8 Å². The summed E-state index contributed by atoms with van der Waals surface area (Å²) in [5.74, 6) is 0. The molecule has 4 nitrogen and oxygen atoms in total. The third-order valence-corrected chi connectivity index (χ3v) is 5.73. The van der Waals surface area contributed by atoms with E-state index in [9.17, 15) is 8.42 Å². The fourth-order valence-corrected chi connectivity index (χ4v) is 4.08. The molecular formula is C12H17ClN2O2S. The number of rotatable bonds is 3. The number of nitrogens with zero attached hydrogens (tertiary/aromatic N) is 1. The molecule has 0 aromatic heterocycles. The van der Waals surface area contributed by atoms with Gasteiger partial charge in [0, 0.05) is 13.1 Å². The van der Waals surface area contributed by atoms with Crippen molar-refractivity contribution < 1.29 is 8.42 Å². The molecule has 1 aliphatic rings. The van der Waals surface area contributed by atoms with Crippen molar-refractivity contribution in [2.24, 2.45) is 0 Å². The molecule has 1 heterocycles. The van der Waals surface area contributed by atoms with Crippen molar-refractivity contribution in [2.75, 3.05) is 20.1 Å². The molecule has 0 aliphatic carbocycles. The third-order valence-electron chi connectivity index (χ3n) is 3.32. The second kappa shape index (κ2) is 5.57. The Labute approximate surface area is 113 Å². The molecule has 1 aliphatic heterocycles. The van der Waals surface area contributed by atoms with Gasteiger partial charge in [-0.15, -0.1) is 0 Å². The van der Waals surface area contributed by atoms with E-state index in [2.05, 4.69) is 5.32 Å². The van der Waals surface area contributed by atoms with Crippen LogP contribution < -0.4 is 5.32 Å². The highest BCUT2D eigenvalue weighted by Crippen LogP contribution is 2.26. The van der Waals surface area contributed by atoms with Crippen LogP contribution in [0.5, 0.6) is 0 Å². The van der Waals surface area contributed by atoms with Gasteiger partial charge in [-0.2, -0.15) is 4.31 Å². The molecule has 0 amide bonds. The van der Waals surface area contributed by atoms with Gasteiger partial charge >= 0.3 is 0 Å². The van der Waals surface area contributed by atoms with E-state index in [1.165, 1.54) is 4.31 Å². The quantitative estimate of drug-likeness (QED) is 0.921. The predicted molar refractivity (Wildman–Crippen MR) is 72.3 cm³/mol. The predicted octanol–water partition coefficient (Wildman–Crippen LogP) is 1.71. The lowest BCUT2D eigenvalue weighted by Gasteiger charge is -2.31. The zero-order valence-electron chi connectivity index (χ0n) is 10.3. The zero-order chi connectivity index (χ0) is 13.2. The van der Waals surface area contributed by atoms with E-state index in [1.54, 1.807) is 31.3 Å². The molecule has 0 atom stereocenters. The van der Waals surface area contributed by atoms with Crippen molar-refractivity contribution in [3.63, 3.8) is 0 Å². The number of benzene rings is 1. The summed E-state index contributed by atoms with van der Waals surface area (Å²) in [7, 11) is -1.86. The van der Waals surface area contributed by atoms with Crippen molar-refractivity contribution in [3.8, 4) is 0 Å². The smallest absolute Gasteiger partial charge is 0.244 e. The maximum Gasteiger partial charge on any atom is 0.244 e. The van der Waals surface area contributed by atoms with E-state index in [0.717, 1.165) is 25.9 Å². The van der Waals surface area contributed by atoms with E-state index in [1.807, 2.05) is 0 Å². The van der Waals surface area contributed by atoms with Gasteiger partial charge in [-0.1, -0.05) is 23.7 Å². The maximum absolute atomic E-state index is 12.5. The van der Waals surface area contributed by atoms with Gasteiger partial charge in [0.2, 0.25) is 10.0 Å². The first-order valence-corrected chi connectivity index (χ1v) is 7.78. The Morgan fingerprint density at radius 2 is 1.89 bits per heavy atom. The van der Waals surface area contributed by atoms with Crippen LogP contribution in [0.3, 0.4) is 0 Å². The molecule has 100 valence electrons. The number of halogens is 1. The molecule has 0 radical (unpaired) electrons. The van der Waals surface area contributed by atoms with Gasteiger partial charge in [0.05, 0.1) is 5.02 Å². The second-order valence-corrected chi connectivity index (χ2v) is 6.81. The Bertz CT molecular complexity index is 513. The zero-order valence-corrected chi connectivity index (χ0v) is 11.8.